The molecule has 1 atom stereocenters. The fraction of sp³-hybridized carbons (Fsp3) is 0.333. The predicted molar refractivity (Wildman–Crippen MR) is 103 cm³/mol. The van der Waals surface area contributed by atoms with E-state index in [1.165, 1.54) is 12.1 Å². The molecule has 0 aliphatic heterocycles. The summed E-state index contributed by atoms with van der Waals surface area (Å²) in [7, 11) is 0. The number of phenols is 1. The van der Waals surface area contributed by atoms with Crippen molar-refractivity contribution in [1.29, 1.82) is 0 Å². The molecule has 9 heteroatoms. The summed E-state index contributed by atoms with van der Waals surface area (Å²) in [4.78, 5) is 12.2. The van der Waals surface area contributed by atoms with E-state index in [-0.39, 0.29) is 29.8 Å². The van der Waals surface area contributed by atoms with Crippen LogP contribution in [0.3, 0.4) is 0 Å². The molecule has 2 rings (SSSR count). The van der Waals surface area contributed by atoms with E-state index in [9.17, 15) is 20.3 Å². The highest BCUT2D eigenvalue weighted by Gasteiger charge is 2.13. The molecule has 0 bridgehead atoms. The van der Waals surface area contributed by atoms with Gasteiger partial charge in [-0.05, 0) is 50.2 Å². The van der Waals surface area contributed by atoms with Crippen LogP contribution in [0, 0.1) is 10.1 Å². The second-order valence-corrected chi connectivity index (χ2v) is 6.01. The van der Waals surface area contributed by atoms with Crippen LogP contribution in [-0.4, -0.2) is 40.9 Å². The van der Waals surface area contributed by atoms with E-state index < -0.39 is 4.92 Å². The Labute approximate surface area is 156 Å². The lowest BCUT2D eigenvalue weighted by molar-refractivity contribution is -0.384. The van der Waals surface area contributed by atoms with Crippen molar-refractivity contribution in [3.8, 4) is 5.75 Å². The molecule has 9 nitrogen and oxygen atoms in total. The Balaban J connectivity index is 2.14. The molecule has 0 saturated heterocycles. The van der Waals surface area contributed by atoms with Gasteiger partial charge in [0, 0.05) is 24.3 Å². The number of aromatic hydroxyl groups is 1. The first-order valence-corrected chi connectivity index (χ1v) is 8.53. The maximum Gasteiger partial charge on any atom is 0.273 e. The van der Waals surface area contributed by atoms with Crippen molar-refractivity contribution >= 4 is 22.7 Å². The first-order valence-electron chi connectivity index (χ1n) is 8.53. The molecule has 144 valence electrons. The zero-order valence-corrected chi connectivity index (χ0v) is 15.0. The third kappa shape index (κ3) is 5.47. The Morgan fingerprint density at radius 2 is 1.93 bits per heavy atom. The average molecular weight is 373 g/mol. The number of azo groups is 1. The summed E-state index contributed by atoms with van der Waals surface area (Å²) in [5.41, 5.74) is 7.00. The molecular weight excluding hydrogens is 350 g/mol. The third-order valence-electron chi connectivity index (χ3n) is 4.02. The number of nitrogens with zero attached hydrogens (tertiary/aromatic N) is 4. The zero-order chi connectivity index (χ0) is 19.8. The summed E-state index contributed by atoms with van der Waals surface area (Å²) in [5, 5.41) is 37.9. The fourth-order valence-electron chi connectivity index (χ4n) is 2.50. The highest BCUT2D eigenvalue weighted by atomic mass is 16.6. The molecule has 2 aromatic rings. The highest BCUT2D eigenvalue weighted by molar-refractivity contribution is 5.57. The monoisotopic (exact) mass is 373 g/mol. The number of nitro benzene ring substituents is 1. The van der Waals surface area contributed by atoms with Crippen LogP contribution < -0.4 is 10.6 Å². The first kappa shape index (κ1) is 20.3. The van der Waals surface area contributed by atoms with Crippen LogP contribution in [-0.2, 0) is 0 Å². The predicted octanol–water partition coefficient (Wildman–Crippen LogP) is 3.25. The number of rotatable bonds is 9. The molecule has 0 heterocycles. The van der Waals surface area contributed by atoms with Crippen LogP contribution in [0.2, 0.25) is 0 Å². The molecule has 1 unspecified atom stereocenters. The number of hydrogen-bond acceptors (Lipinski definition) is 8. The summed E-state index contributed by atoms with van der Waals surface area (Å²) in [5.74, 6) is -0.311. The van der Waals surface area contributed by atoms with E-state index in [1.807, 2.05) is 19.1 Å². The van der Waals surface area contributed by atoms with Crippen molar-refractivity contribution in [2.75, 3.05) is 24.6 Å². The summed E-state index contributed by atoms with van der Waals surface area (Å²) < 4.78 is 0. The highest BCUT2D eigenvalue weighted by Crippen LogP contribution is 2.32. The van der Waals surface area contributed by atoms with Crippen molar-refractivity contribution in [1.82, 2.24) is 0 Å². The Bertz CT molecular complexity index is 795. The van der Waals surface area contributed by atoms with Gasteiger partial charge in [0.25, 0.3) is 5.69 Å². The van der Waals surface area contributed by atoms with Gasteiger partial charge in [-0.1, -0.05) is 0 Å². The third-order valence-corrected chi connectivity index (χ3v) is 4.02. The van der Waals surface area contributed by atoms with Gasteiger partial charge >= 0.3 is 0 Å². The Hall–Kier alpha value is -3.04. The van der Waals surface area contributed by atoms with Gasteiger partial charge in [-0.3, -0.25) is 10.1 Å². The number of nitrogens with two attached hydrogens (primary N) is 1. The molecule has 0 radical (unpaired) electrons. The van der Waals surface area contributed by atoms with Gasteiger partial charge in [-0.15, -0.1) is 5.11 Å². The van der Waals surface area contributed by atoms with Gasteiger partial charge in [0.05, 0.1) is 23.3 Å². The minimum absolute atomic E-state index is 0.0332. The molecule has 0 fully saturated rings. The van der Waals surface area contributed by atoms with E-state index in [1.54, 1.807) is 12.1 Å². The van der Waals surface area contributed by atoms with E-state index in [0.717, 1.165) is 24.7 Å². The van der Waals surface area contributed by atoms with Crippen molar-refractivity contribution in [2.24, 2.45) is 16.0 Å². The quantitative estimate of drug-likeness (QED) is 0.350. The maximum absolute atomic E-state index is 10.7. The van der Waals surface area contributed by atoms with Crippen molar-refractivity contribution in [2.45, 2.75) is 19.4 Å². The molecule has 0 saturated carbocycles. The van der Waals surface area contributed by atoms with Crippen LogP contribution in [0.5, 0.6) is 5.75 Å². The lowest BCUT2D eigenvalue weighted by Crippen LogP contribution is -2.37. The van der Waals surface area contributed by atoms with Crippen LogP contribution in [0.4, 0.5) is 22.7 Å². The second kappa shape index (κ2) is 9.60. The minimum Gasteiger partial charge on any atom is -0.505 e. The van der Waals surface area contributed by atoms with E-state index in [2.05, 4.69) is 15.1 Å². The number of benzene rings is 2. The normalized spacial score (nSPS) is 12.3. The molecule has 27 heavy (non-hydrogen) atoms. The van der Waals surface area contributed by atoms with E-state index >= 15 is 0 Å². The largest absolute Gasteiger partial charge is 0.505 e. The molecule has 4 N–H and O–H groups in total. The number of aliphatic hydroxyl groups excluding tert-OH is 1. The van der Waals surface area contributed by atoms with Gasteiger partial charge < -0.3 is 20.8 Å². The molecule has 0 amide bonds. The maximum atomic E-state index is 10.7. The minimum atomic E-state index is -0.594. The number of non-ortho nitro benzene ring substituents is 1. The summed E-state index contributed by atoms with van der Waals surface area (Å²) in [6, 6.07) is 10.8. The van der Waals surface area contributed by atoms with E-state index in [4.69, 9.17) is 5.73 Å². The molecule has 0 aliphatic rings. The van der Waals surface area contributed by atoms with Gasteiger partial charge in [0.15, 0.2) is 0 Å². The number of nitro groups is 1. The van der Waals surface area contributed by atoms with Crippen molar-refractivity contribution < 1.29 is 15.1 Å². The summed E-state index contributed by atoms with van der Waals surface area (Å²) in [6.45, 7) is 3.27. The number of hydrogen-bond donors (Lipinski definition) is 3. The lowest BCUT2D eigenvalue weighted by atomic mass is 10.2. The standard InChI is InChI=1S/C18H23N5O4/c1-13(12-24)22(10-2-9-19)15-5-3-14(4-6-15)20-21-17-8-7-16(23(26)27)11-18(17)25/h3-8,11,13,24-25H,2,9-10,12,19H2,1H3/b21-20+. The van der Waals surface area contributed by atoms with Crippen molar-refractivity contribution in [3.63, 3.8) is 0 Å². The van der Waals surface area contributed by atoms with Crippen molar-refractivity contribution in [3.05, 3.63) is 52.6 Å². The van der Waals surface area contributed by atoms with Gasteiger partial charge in [-0.2, -0.15) is 5.11 Å². The molecule has 0 aliphatic carbocycles. The molecule has 2 aromatic carbocycles. The Morgan fingerprint density at radius 3 is 2.48 bits per heavy atom. The smallest absolute Gasteiger partial charge is 0.273 e. The SMILES string of the molecule is CC(CO)N(CCCN)c1ccc(/N=N/c2ccc([N+](=O)[O-])cc2O)cc1. The van der Waals surface area contributed by atoms with Crippen LogP contribution >= 0.6 is 0 Å². The van der Waals surface area contributed by atoms with Gasteiger partial charge in [0.2, 0.25) is 0 Å². The zero-order valence-electron chi connectivity index (χ0n) is 15.0. The van der Waals surface area contributed by atoms with Crippen LogP contribution in [0.15, 0.2) is 52.7 Å². The van der Waals surface area contributed by atoms with Gasteiger partial charge in [-0.25, -0.2) is 0 Å². The topological polar surface area (TPSA) is 138 Å². The Morgan fingerprint density at radius 1 is 1.22 bits per heavy atom. The summed E-state index contributed by atoms with van der Waals surface area (Å²) in [6.07, 6.45) is 0.811. The number of aliphatic hydroxyl groups is 1. The molecular formula is C18H23N5O4. The van der Waals surface area contributed by atoms with Gasteiger partial charge in [0.1, 0.15) is 11.4 Å². The number of anilines is 1. The van der Waals surface area contributed by atoms with Crippen LogP contribution in [0.25, 0.3) is 0 Å². The second-order valence-electron chi connectivity index (χ2n) is 6.01. The number of phenolic OH excluding ortho intramolecular Hbond substituents is 1. The summed E-state index contributed by atoms with van der Waals surface area (Å²) >= 11 is 0. The first-order chi connectivity index (χ1) is 13.0. The fourth-order valence-corrected chi connectivity index (χ4v) is 2.50. The van der Waals surface area contributed by atoms with Crippen LogP contribution in [0.1, 0.15) is 13.3 Å². The van der Waals surface area contributed by atoms with E-state index in [0.29, 0.717) is 12.2 Å². The lowest BCUT2D eigenvalue weighted by Gasteiger charge is -2.30. The molecule has 0 spiro atoms. The molecule has 0 aromatic heterocycles. The Kier molecular flexibility index (Phi) is 7.21. The average Bonchev–Trinajstić information content (AvgIpc) is 2.67.